The average molecular weight is 593 g/mol. The lowest BCUT2D eigenvalue weighted by Crippen LogP contribution is -2.58. The fourth-order valence-electron chi connectivity index (χ4n) is 6.33. The quantitative estimate of drug-likeness (QED) is 0.322. The van der Waals surface area contributed by atoms with Crippen LogP contribution in [0.15, 0.2) is 47.1 Å². The maximum Gasteiger partial charge on any atom is 0.334 e. The number of methoxy groups -OCH3 is 1. The van der Waals surface area contributed by atoms with E-state index in [1.807, 2.05) is 59.8 Å². The molecule has 2 aliphatic heterocycles. The van der Waals surface area contributed by atoms with E-state index in [1.165, 1.54) is 7.11 Å². The SMILES string of the molecule is CCC1OC(O)(C(C)C(O)C(C)C2OC(=O)/C(C)=C/C(C)=C/C(C)C(O)C(C)C/C(C)=C\C=C\C2OC)CC(O)C1C. The van der Waals surface area contributed by atoms with Crippen molar-refractivity contribution in [2.24, 2.45) is 29.6 Å². The lowest BCUT2D eigenvalue weighted by molar-refractivity contribution is -0.322. The highest BCUT2D eigenvalue weighted by Crippen LogP contribution is 2.40. The molecule has 0 aromatic carbocycles. The maximum atomic E-state index is 13.3. The van der Waals surface area contributed by atoms with Crippen molar-refractivity contribution in [3.8, 4) is 0 Å². The predicted molar refractivity (Wildman–Crippen MR) is 164 cm³/mol. The Labute approximate surface area is 253 Å². The van der Waals surface area contributed by atoms with Crippen LogP contribution in [0.25, 0.3) is 0 Å². The minimum absolute atomic E-state index is 0.0286. The second-order valence-corrected chi connectivity index (χ2v) is 12.9. The van der Waals surface area contributed by atoms with E-state index in [2.05, 4.69) is 0 Å². The van der Waals surface area contributed by atoms with E-state index in [-0.39, 0.29) is 30.3 Å². The first-order valence-electron chi connectivity index (χ1n) is 15.4. The molecule has 12 atom stereocenters. The lowest BCUT2D eigenvalue weighted by Gasteiger charge is -2.48. The molecule has 0 radical (unpaired) electrons. The molecule has 0 saturated carbocycles. The summed E-state index contributed by atoms with van der Waals surface area (Å²) in [5.74, 6) is -4.02. The first-order chi connectivity index (χ1) is 19.6. The average Bonchev–Trinajstić information content (AvgIpc) is 2.93. The highest BCUT2D eigenvalue weighted by atomic mass is 16.6. The Balaban J connectivity index is 2.47. The van der Waals surface area contributed by atoms with Gasteiger partial charge in [0, 0.05) is 42.8 Å². The number of hydrogen-bond donors (Lipinski definition) is 4. The Morgan fingerprint density at radius 2 is 1.79 bits per heavy atom. The van der Waals surface area contributed by atoms with Gasteiger partial charge in [-0.2, -0.15) is 0 Å². The molecule has 12 unspecified atom stereocenters. The third-order valence-corrected chi connectivity index (χ3v) is 9.31. The Bertz CT molecular complexity index is 1020. The first-order valence-corrected chi connectivity index (χ1v) is 15.4. The van der Waals surface area contributed by atoms with Crippen LogP contribution in [0, 0.1) is 29.6 Å². The second kappa shape index (κ2) is 15.8. The van der Waals surface area contributed by atoms with Gasteiger partial charge in [-0.1, -0.05) is 77.0 Å². The summed E-state index contributed by atoms with van der Waals surface area (Å²) in [6.07, 6.45) is 6.13. The molecule has 2 heterocycles. The molecule has 240 valence electrons. The van der Waals surface area contributed by atoms with Gasteiger partial charge in [-0.05, 0) is 45.6 Å². The minimum atomic E-state index is -1.75. The van der Waals surface area contributed by atoms with E-state index < -0.39 is 54.1 Å². The Morgan fingerprint density at radius 1 is 1.14 bits per heavy atom. The van der Waals surface area contributed by atoms with E-state index in [0.717, 1.165) is 11.1 Å². The number of cyclic esters (lactones) is 1. The van der Waals surface area contributed by atoms with E-state index in [1.54, 1.807) is 32.9 Å². The number of carbonyl (C=O) groups is 1. The molecule has 8 nitrogen and oxygen atoms in total. The summed E-state index contributed by atoms with van der Waals surface area (Å²) in [5, 5.41) is 44.6. The first kappa shape index (κ1) is 36.4. The van der Waals surface area contributed by atoms with Gasteiger partial charge < -0.3 is 34.6 Å². The smallest absolute Gasteiger partial charge is 0.334 e. The van der Waals surface area contributed by atoms with Crippen LogP contribution in [-0.2, 0) is 19.0 Å². The van der Waals surface area contributed by atoms with Crippen LogP contribution in [-0.4, -0.2) is 75.9 Å². The van der Waals surface area contributed by atoms with Crippen LogP contribution in [0.2, 0.25) is 0 Å². The summed E-state index contributed by atoms with van der Waals surface area (Å²) in [4.78, 5) is 13.3. The number of rotatable bonds is 6. The van der Waals surface area contributed by atoms with Gasteiger partial charge >= 0.3 is 5.97 Å². The van der Waals surface area contributed by atoms with Crippen molar-refractivity contribution in [1.29, 1.82) is 0 Å². The maximum absolute atomic E-state index is 13.3. The molecule has 1 saturated heterocycles. The topological polar surface area (TPSA) is 126 Å². The molecular formula is C34H56O8. The normalized spacial score (nSPS) is 42.5. The molecule has 0 aliphatic carbocycles. The number of allylic oxidation sites excluding steroid dienone is 5. The highest BCUT2D eigenvalue weighted by molar-refractivity contribution is 5.88. The van der Waals surface area contributed by atoms with Crippen molar-refractivity contribution in [1.82, 2.24) is 0 Å². The molecule has 0 aromatic heterocycles. The van der Waals surface area contributed by atoms with Crippen molar-refractivity contribution in [3.63, 3.8) is 0 Å². The number of hydrogen-bond acceptors (Lipinski definition) is 8. The molecule has 8 heteroatoms. The molecule has 2 rings (SSSR count). The van der Waals surface area contributed by atoms with Crippen LogP contribution in [0.5, 0.6) is 0 Å². The van der Waals surface area contributed by atoms with E-state index in [9.17, 15) is 25.2 Å². The second-order valence-electron chi connectivity index (χ2n) is 12.9. The Morgan fingerprint density at radius 3 is 2.38 bits per heavy atom. The number of aliphatic hydroxyl groups is 4. The third-order valence-electron chi connectivity index (χ3n) is 9.31. The summed E-state index contributed by atoms with van der Waals surface area (Å²) in [6.45, 7) is 16.8. The van der Waals surface area contributed by atoms with Crippen molar-refractivity contribution >= 4 is 5.97 Å². The van der Waals surface area contributed by atoms with Crippen LogP contribution in [0.1, 0.15) is 81.6 Å². The fraction of sp³-hybridized carbons (Fsp3) is 0.735. The summed E-state index contributed by atoms with van der Waals surface area (Å²) >= 11 is 0. The molecule has 2 aliphatic rings. The number of esters is 1. The van der Waals surface area contributed by atoms with Crippen molar-refractivity contribution < 1.29 is 39.4 Å². The van der Waals surface area contributed by atoms with Gasteiger partial charge in [-0.25, -0.2) is 4.79 Å². The number of aliphatic hydroxyl groups excluding tert-OH is 3. The van der Waals surface area contributed by atoms with E-state index in [0.29, 0.717) is 18.4 Å². The van der Waals surface area contributed by atoms with Gasteiger partial charge in [0.1, 0.15) is 12.2 Å². The van der Waals surface area contributed by atoms with Gasteiger partial charge in [-0.15, -0.1) is 0 Å². The van der Waals surface area contributed by atoms with Gasteiger partial charge in [0.15, 0.2) is 5.79 Å². The highest BCUT2D eigenvalue weighted by Gasteiger charge is 2.50. The van der Waals surface area contributed by atoms with Crippen LogP contribution in [0.3, 0.4) is 0 Å². The molecule has 0 spiro atoms. The third kappa shape index (κ3) is 9.10. The molecule has 4 N–H and O–H groups in total. The zero-order chi connectivity index (χ0) is 31.9. The number of ether oxygens (including phenoxy) is 3. The van der Waals surface area contributed by atoms with E-state index >= 15 is 0 Å². The Hall–Kier alpha value is -1.81. The monoisotopic (exact) mass is 592 g/mol. The van der Waals surface area contributed by atoms with Gasteiger partial charge in [-0.3, -0.25) is 0 Å². The Kier molecular flexibility index (Phi) is 13.7. The molecule has 0 aromatic rings. The summed E-state index contributed by atoms with van der Waals surface area (Å²) < 4.78 is 17.9. The molecule has 0 bridgehead atoms. The molecular weight excluding hydrogens is 536 g/mol. The van der Waals surface area contributed by atoms with Crippen molar-refractivity contribution in [2.75, 3.05) is 7.11 Å². The number of carbonyl (C=O) groups excluding carboxylic acids is 1. The fourth-order valence-corrected chi connectivity index (χ4v) is 6.33. The van der Waals surface area contributed by atoms with Crippen molar-refractivity contribution in [3.05, 3.63) is 47.1 Å². The molecule has 0 amide bonds. The molecule has 42 heavy (non-hydrogen) atoms. The standard InChI is InChI=1S/C34H56O8/c1-11-28-24(7)27(35)18-34(39,42-28)26(9)31(37)25(8)32-29(40-10)14-12-13-19(2)15-21(4)30(36)22(5)16-20(3)17-23(6)33(38)41-32/h12-14,16-17,21-22,24-32,35-37,39H,11,15,18H2,1-10H3/b14-12+,19-13-,20-16+,23-17+. The zero-order valence-electron chi connectivity index (χ0n) is 27.3. The largest absolute Gasteiger partial charge is 0.456 e. The summed E-state index contributed by atoms with van der Waals surface area (Å²) in [5.41, 5.74) is 2.28. The van der Waals surface area contributed by atoms with Gasteiger partial charge in [0.05, 0.1) is 24.4 Å². The predicted octanol–water partition coefficient (Wildman–Crippen LogP) is 4.86. The van der Waals surface area contributed by atoms with Gasteiger partial charge in [0.2, 0.25) is 0 Å². The summed E-state index contributed by atoms with van der Waals surface area (Å²) in [7, 11) is 1.52. The zero-order valence-corrected chi connectivity index (χ0v) is 27.3. The minimum Gasteiger partial charge on any atom is -0.456 e. The lowest BCUT2D eigenvalue weighted by atomic mass is 9.77. The van der Waals surface area contributed by atoms with Gasteiger partial charge in [0.25, 0.3) is 0 Å². The van der Waals surface area contributed by atoms with Crippen molar-refractivity contribution in [2.45, 2.75) is 124 Å². The van der Waals surface area contributed by atoms with E-state index in [4.69, 9.17) is 14.2 Å². The van der Waals surface area contributed by atoms with Crippen LogP contribution >= 0.6 is 0 Å². The summed E-state index contributed by atoms with van der Waals surface area (Å²) in [6, 6.07) is 0. The molecule has 1 fully saturated rings. The van der Waals surface area contributed by atoms with Crippen LogP contribution < -0.4 is 0 Å². The van der Waals surface area contributed by atoms with Crippen LogP contribution in [0.4, 0.5) is 0 Å².